The number of nitrogens with one attached hydrogen (secondary N) is 6. The van der Waals surface area contributed by atoms with Gasteiger partial charge in [0.2, 0.25) is 23.6 Å². The second-order valence-corrected chi connectivity index (χ2v) is 22.3. The lowest BCUT2D eigenvalue weighted by Gasteiger charge is -2.19. The Morgan fingerprint density at radius 1 is 0.330 bits per heavy atom. The number of hydrogen-bond acceptors (Lipinski definition) is 28. The largest absolute Gasteiger partial charge is 0.482 e. The van der Waals surface area contributed by atoms with Crippen molar-refractivity contribution in [1.82, 2.24) is 32.2 Å². The molecule has 0 fully saturated rings. The predicted octanol–water partition coefficient (Wildman–Crippen LogP) is -1.25. The number of carbonyl (C=O) groups excluding carboxylic acids is 6. The first-order valence-electron chi connectivity index (χ1n) is 34.5. The fourth-order valence-corrected chi connectivity index (χ4v) is 8.58. The van der Waals surface area contributed by atoms with E-state index in [1.165, 1.54) is 12.1 Å². The molecule has 37 nitrogen and oxygen atoms in total. The highest BCUT2D eigenvalue weighted by Crippen LogP contribution is 2.17. The van der Waals surface area contributed by atoms with Gasteiger partial charge in [0.15, 0.2) is 19.8 Å². The van der Waals surface area contributed by atoms with E-state index in [0.717, 1.165) is 0 Å². The highest BCUT2D eigenvalue weighted by molar-refractivity contribution is 5.89. The van der Waals surface area contributed by atoms with Gasteiger partial charge in [-0.25, -0.2) is 25.3 Å². The molecule has 0 saturated carbocycles. The van der Waals surface area contributed by atoms with Crippen molar-refractivity contribution in [3.63, 3.8) is 0 Å². The zero-order valence-electron chi connectivity index (χ0n) is 60.0. The number of hydroxylamine groups is 2. The Morgan fingerprint density at radius 3 is 0.868 bits per heavy atom. The predicted molar refractivity (Wildman–Crippen MR) is 371 cm³/mol. The zero-order valence-corrected chi connectivity index (χ0v) is 60.0. The smallest absolute Gasteiger partial charge is 0.341 e. The average Bonchev–Trinajstić information content (AvgIpc) is 0.891. The molecule has 596 valence electrons. The maximum absolute atomic E-state index is 13.4. The van der Waals surface area contributed by atoms with Crippen molar-refractivity contribution in [3.05, 3.63) is 89.5 Å². The van der Waals surface area contributed by atoms with E-state index in [1.807, 2.05) is 0 Å². The standard InChI is InChI=1S/C69H105N7O30/c1-89-24-25-95-35-30-94-23-18-71-67(86)58(46-52-2-8-55(9-3-52)102-49-64(80)81)72-61(77)14-19-90-27-32-97-38-40-100-42-44-105-76-69(88)60(48-54-6-12-57(13-7-54)104-51-66(84)85)74-63(79)16-21-92-28-33-98-39-41-101-43-45-106-75-68(87)59(47-53-4-10-56(11-5-53)103-50-65(82)83)73-62(78)15-20-91-26-31-96-36-37-99-34-29-93-22-17-70/h2-13,58-60H,14-51,70H2,1H3,(H,71,86)(H,72,77)(H,73,78)(H,74,79)(H,75,87)(H,76,88)(H,80,81)(H,82,83)(H,84,85). The van der Waals surface area contributed by atoms with Crippen LogP contribution in [0.25, 0.3) is 0 Å². The molecule has 0 aromatic heterocycles. The summed E-state index contributed by atoms with van der Waals surface area (Å²) >= 11 is 0. The summed E-state index contributed by atoms with van der Waals surface area (Å²) < 4.78 is 86.3. The van der Waals surface area contributed by atoms with Gasteiger partial charge in [0, 0.05) is 58.7 Å². The van der Waals surface area contributed by atoms with Crippen LogP contribution in [0.3, 0.4) is 0 Å². The van der Waals surface area contributed by atoms with Gasteiger partial charge < -0.3 is 118 Å². The average molecular weight is 1510 g/mol. The molecule has 37 heteroatoms. The first kappa shape index (κ1) is 91.9. The number of carboxylic acids is 3. The van der Waals surface area contributed by atoms with E-state index in [4.69, 9.17) is 107 Å². The van der Waals surface area contributed by atoms with Crippen LogP contribution in [0.5, 0.6) is 17.2 Å². The van der Waals surface area contributed by atoms with Crippen molar-refractivity contribution in [1.29, 1.82) is 0 Å². The van der Waals surface area contributed by atoms with Gasteiger partial charge in [-0.1, -0.05) is 36.4 Å². The lowest BCUT2D eigenvalue weighted by atomic mass is 10.0. The normalized spacial score (nSPS) is 11.9. The Morgan fingerprint density at radius 2 is 0.585 bits per heavy atom. The summed E-state index contributed by atoms with van der Waals surface area (Å²) in [7, 11) is 1.57. The van der Waals surface area contributed by atoms with E-state index >= 15 is 0 Å². The molecule has 106 heavy (non-hydrogen) atoms. The van der Waals surface area contributed by atoms with Gasteiger partial charge >= 0.3 is 17.9 Å². The quantitative estimate of drug-likeness (QED) is 0.0233. The second-order valence-electron chi connectivity index (χ2n) is 22.3. The summed E-state index contributed by atoms with van der Waals surface area (Å²) in [4.78, 5) is 122. The molecular weight excluding hydrogens is 1410 g/mol. The molecular formula is C69H105N7O30. The third kappa shape index (κ3) is 50.2. The van der Waals surface area contributed by atoms with Gasteiger partial charge in [0.1, 0.15) is 35.4 Å². The summed E-state index contributed by atoms with van der Waals surface area (Å²) in [6, 6.07) is 16.0. The van der Waals surface area contributed by atoms with Crippen molar-refractivity contribution in [2.75, 3.05) is 218 Å². The number of nitrogens with two attached hydrogens (primary N) is 1. The highest BCUT2D eigenvalue weighted by atomic mass is 16.7. The van der Waals surface area contributed by atoms with E-state index in [2.05, 4.69) is 32.2 Å². The highest BCUT2D eigenvalue weighted by Gasteiger charge is 2.25. The number of aliphatic carboxylic acids is 3. The molecule has 0 aliphatic heterocycles. The van der Waals surface area contributed by atoms with E-state index in [9.17, 15) is 43.2 Å². The van der Waals surface area contributed by atoms with Crippen LogP contribution in [-0.2, 0) is 134 Å². The van der Waals surface area contributed by atoms with E-state index < -0.39 is 91.3 Å². The fraction of sp³-hybridized carbons (Fsp3) is 0.609. The summed E-state index contributed by atoms with van der Waals surface area (Å²) in [6.07, 6.45) is -0.00271. The monoisotopic (exact) mass is 1510 g/mol. The summed E-state index contributed by atoms with van der Waals surface area (Å²) in [5, 5.41) is 37.7. The Hall–Kier alpha value is -8.35. The van der Waals surface area contributed by atoms with Gasteiger partial charge in [-0.05, 0) is 53.1 Å². The number of hydrogen-bond donors (Lipinski definition) is 10. The Bertz CT molecular complexity index is 2870. The number of carbonyl (C=O) groups is 9. The van der Waals surface area contributed by atoms with E-state index in [1.54, 1.807) is 67.8 Å². The van der Waals surface area contributed by atoms with Crippen LogP contribution >= 0.6 is 0 Å². The van der Waals surface area contributed by atoms with Gasteiger partial charge in [0.05, 0.1) is 178 Å². The SMILES string of the molecule is COCCOCCOCCNC(=O)C(Cc1ccc(OCC(=O)O)cc1)NC(=O)CCOCCOCCOCCONC(=O)C(Cc1ccc(OCC(=O)O)cc1)NC(=O)CCOCCOCCOCCONC(=O)C(Cc1ccc(OCC(=O)O)cc1)NC(=O)CCOCCOCCOCCOCCN. The first-order valence-corrected chi connectivity index (χ1v) is 34.5. The molecule has 0 heterocycles. The maximum atomic E-state index is 13.4. The van der Waals surface area contributed by atoms with Gasteiger partial charge in [-0.2, -0.15) is 0 Å². The Labute approximate surface area is 615 Å². The molecule has 3 aromatic carbocycles. The molecule has 0 radical (unpaired) electrons. The van der Waals surface area contributed by atoms with Crippen LogP contribution in [0.2, 0.25) is 0 Å². The Balaban J connectivity index is 1.31. The molecule has 3 unspecified atom stereocenters. The fourth-order valence-electron chi connectivity index (χ4n) is 8.58. The molecule has 0 aliphatic carbocycles. The number of methoxy groups -OCH3 is 1. The van der Waals surface area contributed by atoms with Crippen molar-refractivity contribution >= 4 is 53.4 Å². The molecule has 0 bridgehead atoms. The van der Waals surface area contributed by atoms with Crippen molar-refractivity contribution in [2.45, 2.75) is 56.7 Å². The molecule has 3 atom stereocenters. The number of rotatable bonds is 70. The maximum Gasteiger partial charge on any atom is 0.341 e. The molecule has 0 spiro atoms. The van der Waals surface area contributed by atoms with Crippen LogP contribution in [0.15, 0.2) is 72.8 Å². The molecule has 0 saturated heterocycles. The minimum Gasteiger partial charge on any atom is -0.482 e. The topological polar surface area (TPSA) is 479 Å². The molecule has 11 N–H and O–H groups in total. The van der Waals surface area contributed by atoms with Gasteiger partial charge in [-0.15, -0.1) is 0 Å². The van der Waals surface area contributed by atoms with Crippen molar-refractivity contribution < 1.29 is 144 Å². The third-order valence-corrected chi connectivity index (χ3v) is 13.8. The minimum absolute atomic E-state index is 0.00923. The second kappa shape index (κ2) is 61.8. The van der Waals surface area contributed by atoms with Crippen LogP contribution in [0.1, 0.15) is 36.0 Å². The van der Waals surface area contributed by atoms with Crippen molar-refractivity contribution in [3.8, 4) is 17.2 Å². The van der Waals surface area contributed by atoms with E-state index in [-0.39, 0.29) is 170 Å². The summed E-state index contributed by atoms with van der Waals surface area (Å²) in [5.74, 6) is -5.65. The number of benzene rings is 3. The first-order chi connectivity index (χ1) is 51.5. The van der Waals surface area contributed by atoms with Gasteiger partial charge in [0.25, 0.3) is 11.8 Å². The molecule has 3 rings (SSSR count). The van der Waals surface area contributed by atoms with Crippen LogP contribution < -0.4 is 52.2 Å². The number of carboxylic acid groups (broad SMARTS) is 3. The lowest BCUT2D eigenvalue weighted by Crippen LogP contribution is -2.48. The number of amides is 6. The Kier molecular flexibility index (Phi) is 53.5. The van der Waals surface area contributed by atoms with Crippen LogP contribution in [-0.4, -0.2) is 305 Å². The summed E-state index contributed by atoms with van der Waals surface area (Å²) in [6.45, 7) is 4.83. The molecule has 6 amide bonds. The zero-order chi connectivity index (χ0) is 76.7. The molecule has 0 aliphatic rings. The summed E-state index contributed by atoms with van der Waals surface area (Å²) in [5.41, 5.74) is 12.0. The third-order valence-electron chi connectivity index (χ3n) is 13.8. The number of ether oxygens (including phenoxy) is 16. The lowest BCUT2D eigenvalue weighted by molar-refractivity contribution is -0.140. The van der Waals surface area contributed by atoms with Crippen molar-refractivity contribution in [2.24, 2.45) is 5.73 Å². The minimum atomic E-state index is -1.16. The van der Waals surface area contributed by atoms with E-state index in [0.29, 0.717) is 94.2 Å². The van der Waals surface area contributed by atoms with Crippen LogP contribution in [0.4, 0.5) is 0 Å². The molecule has 3 aromatic rings. The van der Waals surface area contributed by atoms with Gasteiger partial charge in [-0.3, -0.25) is 38.4 Å². The van der Waals surface area contributed by atoms with Crippen LogP contribution in [0, 0.1) is 0 Å².